The Labute approximate surface area is 177 Å². The minimum atomic E-state index is 0.378. The molecule has 154 valence electrons. The summed E-state index contributed by atoms with van der Waals surface area (Å²) in [5.74, 6) is 1.32. The highest BCUT2D eigenvalue weighted by atomic mass is 16.5. The molecule has 0 N–H and O–H groups in total. The second kappa shape index (κ2) is 9.23. The molecule has 0 amide bonds. The molecule has 3 aromatic rings. The summed E-state index contributed by atoms with van der Waals surface area (Å²) in [7, 11) is 3.47. The quantitative estimate of drug-likeness (QED) is 0.482. The van der Waals surface area contributed by atoms with Gasteiger partial charge in [-0.15, -0.1) is 0 Å². The van der Waals surface area contributed by atoms with Crippen molar-refractivity contribution in [3.63, 3.8) is 0 Å². The first kappa shape index (κ1) is 20.3. The molecular weight excluding hydrogens is 374 g/mol. The van der Waals surface area contributed by atoms with Crippen LogP contribution in [0.1, 0.15) is 47.5 Å². The minimum absolute atomic E-state index is 0.378. The number of aromatic nitrogens is 1. The molecule has 1 heterocycles. The van der Waals surface area contributed by atoms with Gasteiger partial charge in [-0.25, -0.2) is 0 Å². The Hall–Kier alpha value is -2.98. The number of methoxy groups -OCH3 is 2. The van der Waals surface area contributed by atoms with Gasteiger partial charge in [0.2, 0.25) is 0 Å². The van der Waals surface area contributed by atoms with E-state index in [0.29, 0.717) is 17.6 Å². The summed E-state index contributed by atoms with van der Waals surface area (Å²) in [5, 5.41) is 0. The van der Waals surface area contributed by atoms with Crippen LogP contribution in [-0.4, -0.2) is 31.6 Å². The van der Waals surface area contributed by atoms with Gasteiger partial charge < -0.3 is 9.47 Å². The predicted molar refractivity (Wildman–Crippen MR) is 119 cm³/mol. The average molecular weight is 402 g/mol. The van der Waals surface area contributed by atoms with Crippen LogP contribution in [0.3, 0.4) is 0 Å². The van der Waals surface area contributed by atoms with Crippen LogP contribution in [-0.2, 0) is 4.74 Å². The highest BCUT2D eigenvalue weighted by molar-refractivity contribution is 5.83. The van der Waals surface area contributed by atoms with Crippen LogP contribution in [0.25, 0.3) is 22.4 Å². The topological polar surface area (TPSA) is 48.4 Å². The normalized spacial score (nSPS) is 18.7. The van der Waals surface area contributed by atoms with Gasteiger partial charge in [-0.2, -0.15) is 0 Å². The number of carbonyl (C=O) groups excluding carboxylic acids is 1. The Balaban J connectivity index is 1.74. The molecule has 30 heavy (non-hydrogen) atoms. The van der Waals surface area contributed by atoms with E-state index in [1.807, 2.05) is 54.7 Å². The van der Waals surface area contributed by atoms with Crippen LogP contribution in [0.2, 0.25) is 0 Å². The van der Waals surface area contributed by atoms with Crippen LogP contribution < -0.4 is 4.74 Å². The molecule has 0 aliphatic heterocycles. The van der Waals surface area contributed by atoms with Gasteiger partial charge in [0.05, 0.1) is 18.9 Å². The van der Waals surface area contributed by atoms with Crippen molar-refractivity contribution in [3.8, 4) is 28.1 Å². The first-order valence-electron chi connectivity index (χ1n) is 10.4. The monoisotopic (exact) mass is 401 g/mol. The van der Waals surface area contributed by atoms with Crippen molar-refractivity contribution in [2.45, 2.75) is 37.7 Å². The van der Waals surface area contributed by atoms with Crippen molar-refractivity contribution >= 4 is 6.29 Å². The molecule has 4 heteroatoms. The minimum Gasteiger partial charge on any atom is -0.497 e. The van der Waals surface area contributed by atoms with Crippen LogP contribution >= 0.6 is 0 Å². The summed E-state index contributed by atoms with van der Waals surface area (Å²) >= 11 is 0. The summed E-state index contributed by atoms with van der Waals surface area (Å²) in [6.45, 7) is 0. The molecule has 1 fully saturated rings. The Morgan fingerprint density at radius 2 is 1.57 bits per heavy atom. The molecule has 1 aromatic heterocycles. The van der Waals surface area contributed by atoms with E-state index in [-0.39, 0.29) is 0 Å². The molecule has 2 aromatic carbocycles. The van der Waals surface area contributed by atoms with Gasteiger partial charge in [0.15, 0.2) is 0 Å². The van der Waals surface area contributed by atoms with Gasteiger partial charge in [-0.1, -0.05) is 24.3 Å². The van der Waals surface area contributed by atoms with E-state index in [1.165, 1.54) is 5.56 Å². The lowest BCUT2D eigenvalue weighted by Crippen LogP contribution is -2.19. The first-order valence-corrected chi connectivity index (χ1v) is 10.4. The zero-order valence-electron chi connectivity index (χ0n) is 17.5. The van der Waals surface area contributed by atoms with Crippen molar-refractivity contribution in [1.82, 2.24) is 4.98 Å². The average Bonchev–Trinajstić information content (AvgIpc) is 2.84. The summed E-state index contributed by atoms with van der Waals surface area (Å²) in [4.78, 5) is 16.0. The fourth-order valence-corrected chi connectivity index (χ4v) is 4.28. The number of hydrogen-bond acceptors (Lipinski definition) is 4. The van der Waals surface area contributed by atoms with E-state index in [4.69, 9.17) is 14.5 Å². The van der Waals surface area contributed by atoms with E-state index >= 15 is 0 Å². The molecule has 0 bridgehead atoms. The van der Waals surface area contributed by atoms with Crippen molar-refractivity contribution < 1.29 is 14.3 Å². The van der Waals surface area contributed by atoms with E-state index in [1.54, 1.807) is 14.2 Å². The lowest BCUT2D eigenvalue weighted by atomic mass is 9.82. The zero-order chi connectivity index (χ0) is 20.9. The van der Waals surface area contributed by atoms with Crippen LogP contribution in [0.5, 0.6) is 5.75 Å². The third-order valence-corrected chi connectivity index (χ3v) is 6.11. The standard InChI is InChI=1S/C26H27NO3/c1-29-23-11-7-19(8-12-23)22-15-25(20-5-3-18(17-28)4-6-20)26(27-16-22)21-9-13-24(30-2)14-10-21/h3-6,9-10,13-17,19,23H,7-8,11-12H2,1-2H3. The third kappa shape index (κ3) is 4.29. The highest BCUT2D eigenvalue weighted by Crippen LogP contribution is 2.38. The maximum atomic E-state index is 11.1. The highest BCUT2D eigenvalue weighted by Gasteiger charge is 2.23. The van der Waals surface area contributed by atoms with Gasteiger partial charge in [-0.3, -0.25) is 9.78 Å². The van der Waals surface area contributed by atoms with E-state index in [9.17, 15) is 4.79 Å². The Kier molecular flexibility index (Phi) is 6.24. The molecule has 0 radical (unpaired) electrons. The second-order valence-electron chi connectivity index (χ2n) is 7.84. The van der Waals surface area contributed by atoms with Gasteiger partial charge in [0, 0.05) is 30.0 Å². The number of ether oxygens (including phenoxy) is 2. The number of aldehydes is 1. The molecule has 1 saturated carbocycles. The molecule has 0 saturated heterocycles. The Bertz CT molecular complexity index is 988. The maximum absolute atomic E-state index is 11.1. The van der Waals surface area contributed by atoms with Crippen LogP contribution in [0, 0.1) is 0 Å². The van der Waals surface area contributed by atoms with E-state index in [2.05, 4.69) is 6.07 Å². The fourth-order valence-electron chi connectivity index (χ4n) is 4.28. The van der Waals surface area contributed by atoms with Crippen LogP contribution in [0.4, 0.5) is 0 Å². The third-order valence-electron chi connectivity index (χ3n) is 6.11. The summed E-state index contributed by atoms with van der Waals surface area (Å²) in [6, 6.07) is 18.0. The molecule has 0 atom stereocenters. The van der Waals surface area contributed by atoms with Gasteiger partial charge in [0.25, 0.3) is 0 Å². The van der Waals surface area contributed by atoms with Crippen molar-refractivity contribution in [2.75, 3.05) is 14.2 Å². The number of nitrogens with zero attached hydrogens (tertiary/aromatic N) is 1. The lowest BCUT2D eigenvalue weighted by Gasteiger charge is -2.28. The molecule has 4 nitrogen and oxygen atoms in total. The summed E-state index contributed by atoms with van der Waals surface area (Å²) in [5.41, 5.74) is 6.07. The lowest BCUT2D eigenvalue weighted by molar-refractivity contribution is 0.0658. The molecule has 1 aliphatic carbocycles. The zero-order valence-corrected chi connectivity index (χ0v) is 17.5. The molecule has 1 aliphatic rings. The second-order valence-corrected chi connectivity index (χ2v) is 7.84. The maximum Gasteiger partial charge on any atom is 0.150 e. The van der Waals surface area contributed by atoms with Crippen molar-refractivity contribution in [1.29, 1.82) is 0 Å². The molecular formula is C26H27NO3. The Morgan fingerprint density at radius 1 is 0.900 bits per heavy atom. The van der Waals surface area contributed by atoms with Crippen LogP contribution in [0.15, 0.2) is 60.8 Å². The molecule has 0 spiro atoms. The number of hydrogen-bond donors (Lipinski definition) is 0. The predicted octanol–water partition coefficient (Wildman–Crippen LogP) is 5.91. The van der Waals surface area contributed by atoms with Gasteiger partial charge in [-0.05, 0) is 73.1 Å². The fraction of sp³-hybridized carbons (Fsp3) is 0.308. The number of benzene rings is 2. The number of pyridine rings is 1. The summed E-state index contributed by atoms with van der Waals surface area (Å²) in [6.07, 6.45) is 7.69. The molecule has 4 rings (SSSR count). The van der Waals surface area contributed by atoms with Crippen molar-refractivity contribution in [2.24, 2.45) is 0 Å². The van der Waals surface area contributed by atoms with E-state index < -0.39 is 0 Å². The first-order chi connectivity index (χ1) is 14.7. The number of rotatable bonds is 6. The van der Waals surface area contributed by atoms with Gasteiger partial charge in [0.1, 0.15) is 12.0 Å². The SMILES string of the molecule is COc1ccc(-c2ncc(C3CCC(OC)CC3)cc2-c2ccc(C=O)cc2)cc1. The van der Waals surface area contributed by atoms with Gasteiger partial charge >= 0.3 is 0 Å². The van der Waals surface area contributed by atoms with Crippen molar-refractivity contribution in [3.05, 3.63) is 71.9 Å². The van der Waals surface area contributed by atoms with E-state index in [0.717, 1.165) is 60.1 Å². The Morgan fingerprint density at radius 3 is 2.17 bits per heavy atom. The number of carbonyl (C=O) groups is 1. The molecule has 0 unspecified atom stereocenters. The smallest absolute Gasteiger partial charge is 0.150 e. The largest absolute Gasteiger partial charge is 0.497 e. The summed E-state index contributed by atoms with van der Waals surface area (Å²) < 4.78 is 10.8.